The fraction of sp³-hybridized carbons (Fsp3) is 0.0909. The molecule has 0 heterocycles. The van der Waals surface area contributed by atoms with Crippen molar-refractivity contribution in [3.05, 3.63) is 71.8 Å². The molecule has 0 unspecified atom stereocenters. The van der Waals surface area contributed by atoms with Crippen molar-refractivity contribution in [1.82, 2.24) is 0 Å². The van der Waals surface area contributed by atoms with E-state index in [-0.39, 0.29) is 5.57 Å². The summed E-state index contributed by atoms with van der Waals surface area (Å²) >= 11 is 0. The van der Waals surface area contributed by atoms with Gasteiger partial charge in [0.15, 0.2) is 11.5 Å². The minimum absolute atomic E-state index is 0.0149. The Kier molecular flexibility index (Phi) is 5.38. The monoisotopic (exact) mass is 358 g/mol. The molecule has 1 N–H and O–H groups in total. The van der Waals surface area contributed by atoms with E-state index >= 15 is 0 Å². The van der Waals surface area contributed by atoms with E-state index in [9.17, 15) is 10.1 Å². The third kappa shape index (κ3) is 3.91. The summed E-state index contributed by atoms with van der Waals surface area (Å²) in [7, 11) is 3.06. The quantitative estimate of drug-likeness (QED) is 0.542. The number of nitrogens with zero attached hydrogens (tertiary/aromatic N) is 1. The van der Waals surface area contributed by atoms with Gasteiger partial charge in [-0.25, -0.2) is 0 Å². The Balaban J connectivity index is 1.90. The van der Waals surface area contributed by atoms with Gasteiger partial charge in [0, 0.05) is 11.8 Å². The van der Waals surface area contributed by atoms with Crippen LogP contribution in [0.3, 0.4) is 0 Å². The molecule has 3 rings (SSSR count). The number of carbonyl (C=O) groups excluding carboxylic acids is 1. The second-order valence-corrected chi connectivity index (χ2v) is 5.76. The van der Waals surface area contributed by atoms with E-state index in [0.29, 0.717) is 17.2 Å². The molecule has 134 valence electrons. The molecule has 0 aromatic heterocycles. The fourth-order valence-corrected chi connectivity index (χ4v) is 2.79. The van der Waals surface area contributed by atoms with Crippen LogP contribution in [0.25, 0.3) is 16.8 Å². The van der Waals surface area contributed by atoms with Crippen molar-refractivity contribution in [3.8, 4) is 17.6 Å². The number of nitriles is 1. The molecule has 5 heteroatoms. The van der Waals surface area contributed by atoms with E-state index in [1.807, 2.05) is 48.5 Å². The van der Waals surface area contributed by atoms with Crippen LogP contribution < -0.4 is 14.8 Å². The number of benzene rings is 3. The largest absolute Gasteiger partial charge is 0.493 e. The van der Waals surface area contributed by atoms with Crippen LogP contribution in [0.5, 0.6) is 11.5 Å². The molecule has 5 nitrogen and oxygen atoms in total. The van der Waals surface area contributed by atoms with Gasteiger partial charge in [-0.2, -0.15) is 5.26 Å². The van der Waals surface area contributed by atoms with Gasteiger partial charge in [-0.15, -0.1) is 0 Å². The Morgan fingerprint density at radius 1 is 1.00 bits per heavy atom. The predicted octanol–water partition coefficient (Wildman–Crippen LogP) is 4.40. The molecule has 27 heavy (non-hydrogen) atoms. The lowest BCUT2D eigenvalue weighted by Crippen LogP contribution is -2.13. The first-order valence-corrected chi connectivity index (χ1v) is 8.29. The van der Waals surface area contributed by atoms with E-state index in [2.05, 4.69) is 5.32 Å². The van der Waals surface area contributed by atoms with Crippen LogP contribution in [-0.4, -0.2) is 20.1 Å². The number of fused-ring (bicyclic) bond motifs is 1. The van der Waals surface area contributed by atoms with Crippen molar-refractivity contribution in [1.29, 1.82) is 5.26 Å². The predicted molar refractivity (Wildman–Crippen MR) is 106 cm³/mol. The zero-order valence-electron chi connectivity index (χ0n) is 15.0. The summed E-state index contributed by atoms with van der Waals surface area (Å²) < 4.78 is 10.4. The Bertz CT molecular complexity index is 1060. The van der Waals surface area contributed by atoms with E-state index in [1.165, 1.54) is 14.2 Å². The summed E-state index contributed by atoms with van der Waals surface area (Å²) in [6.07, 6.45) is 1.60. The van der Waals surface area contributed by atoms with E-state index in [0.717, 1.165) is 16.3 Å². The van der Waals surface area contributed by atoms with Crippen molar-refractivity contribution in [2.45, 2.75) is 0 Å². The highest BCUT2D eigenvalue weighted by Crippen LogP contribution is 2.30. The Labute approximate surface area is 157 Å². The first-order valence-electron chi connectivity index (χ1n) is 8.29. The van der Waals surface area contributed by atoms with Gasteiger partial charge in [0.2, 0.25) is 0 Å². The highest BCUT2D eigenvalue weighted by Gasteiger charge is 2.12. The molecule has 0 atom stereocenters. The Morgan fingerprint density at radius 2 is 1.74 bits per heavy atom. The molecule has 0 saturated heterocycles. The van der Waals surface area contributed by atoms with Gasteiger partial charge in [-0.05, 0) is 34.5 Å². The van der Waals surface area contributed by atoms with Gasteiger partial charge in [-0.1, -0.05) is 42.5 Å². The van der Waals surface area contributed by atoms with Crippen LogP contribution in [0.2, 0.25) is 0 Å². The lowest BCUT2D eigenvalue weighted by atomic mass is 10.0. The maximum absolute atomic E-state index is 12.6. The number of nitrogens with one attached hydrogen (secondary N) is 1. The van der Waals surface area contributed by atoms with Crippen LogP contribution in [0, 0.1) is 11.3 Å². The molecule has 0 fully saturated rings. The van der Waals surface area contributed by atoms with Gasteiger partial charge < -0.3 is 14.8 Å². The van der Waals surface area contributed by atoms with Crippen molar-refractivity contribution in [3.63, 3.8) is 0 Å². The van der Waals surface area contributed by atoms with E-state index in [1.54, 1.807) is 24.3 Å². The van der Waals surface area contributed by atoms with Crippen LogP contribution in [0.15, 0.2) is 66.2 Å². The number of rotatable bonds is 5. The van der Waals surface area contributed by atoms with Gasteiger partial charge in [0.25, 0.3) is 5.91 Å². The standard InChI is InChI=1S/C22H18N2O3/c1-26-20-11-10-18(13-21(20)27-2)24-22(25)17(14-23)12-16-8-5-7-15-6-3-4-9-19(15)16/h3-13H,1-2H3,(H,24,25)/b17-12+. The topological polar surface area (TPSA) is 71.3 Å². The van der Waals surface area contributed by atoms with Crippen molar-refractivity contribution in [2.75, 3.05) is 19.5 Å². The molecule has 3 aromatic carbocycles. The minimum atomic E-state index is -0.488. The number of carbonyl (C=O) groups is 1. The van der Waals surface area contributed by atoms with Crippen LogP contribution >= 0.6 is 0 Å². The number of anilines is 1. The molecule has 0 saturated carbocycles. The summed E-state index contributed by atoms with van der Waals surface area (Å²) in [6, 6.07) is 20.6. The van der Waals surface area contributed by atoms with E-state index < -0.39 is 5.91 Å². The van der Waals surface area contributed by atoms with Gasteiger partial charge in [0.1, 0.15) is 11.6 Å². The third-order valence-electron chi connectivity index (χ3n) is 4.13. The second kappa shape index (κ2) is 8.07. The minimum Gasteiger partial charge on any atom is -0.493 e. The lowest BCUT2D eigenvalue weighted by molar-refractivity contribution is -0.112. The normalized spacial score (nSPS) is 10.9. The van der Waals surface area contributed by atoms with Gasteiger partial charge >= 0.3 is 0 Å². The highest BCUT2D eigenvalue weighted by atomic mass is 16.5. The third-order valence-corrected chi connectivity index (χ3v) is 4.13. The zero-order valence-corrected chi connectivity index (χ0v) is 15.0. The molecule has 0 radical (unpaired) electrons. The molecular weight excluding hydrogens is 340 g/mol. The maximum Gasteiger partial charge on any atom is 0.266 e. The zero-order chi connectivity index (χ0) is 19.2. The first-order chi connectivity index (χ1) is 13.2. The summed E-state index contributed by atoms with van der Waals surface area (Å²) in [5.74, 6) is 0.562. The second-order valence-electron chi connectivity index (χ2n) is 5.76. The number of hydrogen-bond acceptors (Lipinski definition) is 4. The number of hydrogen-bond donors (Lipinski definition) is 1. The summed E-state index contributed by atoms with van der Waals surface area (Å²) in [5, 5.41) is 14.2. The van der Waals surface area contributed by atoms with Crippen LogP contribution in [0.4, 0.5) is 5.69 Å². The SMILES string of the molecule is COc1ccc(NC(=O)/C(C#N)=C/c2cccc3ccccc23)cc1OC. The Hall–Kier alpha value is -3.78. The average molecular weight is 358 g/mol. The van der Waals surface area contributed by atoms with Crippen molar-refractivity contribution in [2.24, 2.45) is 0 Å². The van der Waals surface area contributed by atoms with Crippen LogP contribution in [-0.2, 0) is 4.79 Å². The van der Waals surface area contributed by atoms with Gasteiger partial charge in [0.05, 0.1) is 14.2 Å². The maximum atomic E-state index is 12.6. The molecule has 0 aliphatic heterocycles. The van der Waals surface area contributed by atoms with Crippen molar-refractivity contribution >= 4 is 28.4 Å². The lowest BCUT2D eigenvalue weighted by Gasteiger charge is -2.10. The number of ether oxygens (including phenoxy) is 2. The van der Waals surface area contributed by atoms with Crippen LogP contribution in [0.1, 0.15) is 5.56 Å². The molecule has 1 amide bonds. The molecule has 3 aromatic rings. The average Bonchev–Trinajstić information content (AvgIpc) is 2.71. The molecule has 0 aliphatic carbocycles. The summed E-state index contributed by atoms with van der Waals surface area (Å²) in [6.45, 7) is 0. The van der Waals surface area contributed by atoms with E-state index in [4.69, 9.17) is 9.47 Å². The fourth-order valence-electron chi connectivity index (χ4n) is 2.79. The summed E-state index contributed by atoms with van der Waals surface area (Å²) in [4.78, 5) is 12.6. The molecule has 0 aliphatic rings. The Morgan fingerprint density at radius 3 is 2.48 bits per heavy atom. The highest BCUT2D eigenvalue weighted by molar-refractivity contribution is 6.10. The smallest absolute Gasteiger partial charge is 0.266 e. The number of amides is 1. The molecule has 0 spiro atoms. The van der Waals surface area contributed by atoms with Crippen molar-refractivity contribution < 1.29 is 14.3 Å². The van der Waals surface area contributed by atoms with Gasteiger partial charge in [-0.3, -0.25) is 4.79 Å². The molecule has 0 bridgehead atoms. The first kappa shape index (κ1) is 18.0. The summed E-state index contributed by atoms with van der Waals surface area (Å²) in [5.41, 5.74) is 1.34. The number of methoxy groups -OCH3 is 2. The molecular formula is C22H18N2O3.